The summed E-state index contributed by atoms with van der Waals surface area (Å²) in [7, 11) is 1.54. The second kappa shape index (κ2) is 6.97. The first kappa shape index (κ1) is 18.2. The lowest BCUT2D eigenvalue weighted by Gasteiger charge is -2.36. The van der Waals surface area contributed by atoms with E-state index < -0.39 is 0 Å². The number of nitriles is 2. The van der Waals surface area contributed by atoms with Crippen molar-refractivity contribution in [1.82, 2.24) is 5.32 Å². The SMILES string of the molecule is COc1cc2c(cc1C#N)/C(=C/C(=O)c1ccc(C#N)cc1)NC(C)(C)C2. The lowest BCUT2D eigenvalue weighted by molar-refractivity contribution is 0.104. The lowest BCUT2D eigenvalue weighted by atomic mass is 9.84. The van der Waals surface area contributed by atoms with E-state index in [0.717, 1.165) is 17.5 Å². The third kappa shape index (κ3) is 3.68. The molecule has 1 aliphatic rings. The number of ketones is 1. The van der Waals surface area contributed by atoms with Gasteiger partial charge in [-0.2, -0.15) is 10.5 Å². The van der Waals surface area contributed by atoms with E-state index in [0.29, 0.717) is 28.1 Å². The van der Waals surface area contributed by atoms with Crippen LogP contribution < -0.4 is 10.1 Å². The fourth-order valence-electron chi connectivity index (χ4n) is 3.26. The highest BCUT2D eigenvalue weighted by atomic mass is 16.5. The first-order valence-corrected chi connectivity index (χ1v) is 8.52. The van der Waals surface area contributed by atoms with Gasteiger partial charge < -0.3 is 10.1 Å². The molecule has 5 heteroatoms. The highest BCUT2D eigenvalue weighted by Crippen LogP contribution is 2.34. The van der Waals surface area contributed by atoms with Gasteiger partial charge in [0.05, 0.1) is 24.3 Å². The number of nitrogens with one attached hydrogen (secondary N) is 1. The van der Waals surface area contributed by atoms with Crippen LogP contribution in [0.4, 0.5) is 0 Å². The van der Waals surface area contributed by atoms with E-state index in [2.05, 4.69) is 25.2 Å². The monoisotopic (exact) mass is 357 g/mol. The number of benzene rings is 2. The second-order valence-electron chi connectivity index (χ2n) is 7.12. The largest absolute Gasteiger partial charge is 0.495 e. The van der Waals surface area contributed by atoms with Crippen LogP contribution in [0.5, 0.6) is 5.75 Å². The number of nitrogens with zero attached hydrogens (tertiary/aromatic N) is 2. The molecule has 0 aliphatic carbocycles. The molecular formula is C22H19N3O2. The number of hydrogen-bond acceptors (Lipinski definition) is 5. The Bertz CT molecular complexity index is 1020. The number of allylic oxidation sites excluding steroid dienone is 1. The van der Waals surface area contributed by atoms with Crippen molar-refractivity contribution in [3.8, 4) is 17.9 Å². The highest BCUT2D eigenvalue weighted by molar-refractivity contribution is 6.08. The molecule has 0 fully saturated rings. The Kier molecular flexibility index (Phi) is 4.71. The highest BCUT2D eigenvalue weighted by Gasteiger charge is 2.29. The van der Waals surface area contributed by atoms with Crippen LogP contribution in [0.1, 0.15) is 46.5 Å². The molecule has 0 atom stereocenters. The van der Waals surface area contributed by atoms with E-state index in [4.69, 9.17) is 10.00 Å². The molecular weight excluding hydrogens is 338 g/mol. The zero-order chi connectivity index (χ0) is 19.6. The summed E-state index contributed by atoms with van der Waals surface area (Å²) in [6, 6.07) is 14.3. The first-order valence-electron chi connectivity index (χ1n) is 8.52. The number of carbonyl (C=O) groups is 1. The van der Waals surface area contributed by atoms with Crippen LogP contribution in [0, 0.1) is 22.7 Å². The molecule has 1 aliphatic heterocycles. The van der Waals surface area contributed by atoms with Gasteiger partial charge in [0.2, 0.25) is 0 Å². The Morgan fingerprint density at radius 2 is 1.89 bits per heavy atom. The smallest absolute Gasteiger partial charge is 0.187 e. The van der Waals surface area contributed by atoms with E-state index in [9.17, 15) is 10.1 Å². The number of methoxy groups -OCH3 is 1. The minimum Gasteiger partial charge on any atom is -0.495 e. The molecule has 3 rings (SSSR count). The molecule has 27 heavy (non-hydrogen) atoms. The molecule has 0 saturated heterocycles. The lowest BCUT2D eigenvalue weighted by Crippen LogP contribution is -2.44. The first-order chi connectivity index (χ1) is 12.9. The Morgan fingerprint density at radius 1 is 1.19 bits per heavy atom. The van der Waals surface area contributed by atoms with Crippen LogP contribution in [0.3, 0.4) is 0 Å². The van der Waals surface area contributed by atoms with Crippen molar-refractivity contribution in [3.63, 3.8) is 0 Å². The maximum absolute atomic E-state index is 12.7. The van der Waals surface area contributed by atoms with Crippen LogP contribution in [-0.2, 0) is 6.42 Å². The molecule has 0 amide bonds. The molecule has 0 bridgehead atoms. The molecule has 134 valence electrons. The van der Waals surface area contributed by atoms with Gasteiger partial charge in [0.1, 0.15) is 11.8 Å². The van der Waals surface area contributed by atoms with Crippen molar-refractivity contribution in [1.29, 1.82) is 10.5 Å². The predicted molar refractivity (Wildman–Crippen MR) is 102 cm³/mol. The van der Waals surface area contributed by atoms with Gasteiger partial charge in [0, 0.05) is 28.4 Å². The maximum atomic E-state index is 12.7. The van der Waals surface area contributed by atoms with Crippen LogP contribution in [0.15, 0.2) is 42.5 Å². The van der Waals surface area contributed by atoms with Gasteiger partial charge in [-0.1, -0.05) is 0 Å². The van der Waals surface area contributed by atoms with Crippen LogP contribution in [-0.4, -0.2) is 18.4 Å². The maximum Gasteiger partial charge on any atom is 0.187 e. The fraction of sp³-hybridized carbons (Fsp3) is 0.227. The molecule has 0 saturated carbocycles. The van der Waals surface area contributed by atoms with Gasteiger partial charge in [-0.15, -0.1) is 0 Å². The summed E-state index contributed by atoms with van der Waals surface area (Å²) in [5.41, 5.74) is 3.71. The Balaban J connectivity index is 2.07. The number of rotatable bonds is 3. The summed E-state index contributed by atoms with van der Waals surface area (Å²) >= 11 is 0. The molecule has 0 unspecified atom stereocenters. The third-order valence-corrected chi connectivity index (χ3v) is 4.52. The van der Waals surface area contributed by atoms with Crippen LogP contribution in [0.25, 0.3) is 5.70 Å². The molecule has 2 aromatic rings. The topological polar surface area (TPSA) is 85.9 Å². The number of hydrogen-bond donors (Lipinski definition) is 1. The molecule has 0 radical (unpaired) electrons. The van der Waals surface area contributed by atoms with Crippen LogP contribution in [0.2, 0.25) is 0 Å². The average Bonchev–Trinajstić information content (AvgIpc) is 2.66. The third-order valence-electron chi connectivity index (χ3n) is 4.52. The Morgan fingerprint density at radius 3 is 2.48 bits per heavy atom. The minimum absolute atomic E-state index is 0.167. The van der Waals surface area contributed by atoms with Crippen molar-refractivity contribution >= 4 is 11.5 Å². The van der Waals surface area contributed by atoms with Crippen molar-refractivity contribution in [2.45, 2.75) is 25.8 Å². The molecule has 0 aromatic heterocycles. The van der Waals surface area contributed by atoms with Gasteiger partial charge in [0.15, 0.2) is 5.78 Å². The van der Waals surface area contributed by atoms with Gasteiger partial charge in [-0.25, -0.2) is 0 Å². The summed E-state index contributed by atoms with van der Waals surface area (Å²) in [6.45, 7) is 4.11. The molecule has 1 heterocycles. The summed E-state index contributed by atoms with van der Waals surface area (Å²) in [6.07, 6.45) is 2.29. The average molecular weight is 357 g/mol. The van der Waals surface area contributed by atoms with Crippen molar-refractivity contribution in [3.05, 3.63) is 70.3 Å². The normalized spacial score (nSPS) is 15.8. The summed E-state index contributed by atoms with van der Waals surface area (Å²) in [4.78, 5) is 12.7. The quantitative estimate of drug-likeness (QED) is 0.670. The summed E-state index contributed by atoms with van der Waals surface area (Å²) < 4.78 is 5.32. The number of fused-ring (bicyclic) bond motifs is 1. The Hall–Kier alpha value is -3.57. The van der Waals surface area contributed by atoms with E-state index in [-0.39, 0.29) is 11.3 Å². The molecule has 0 spiro atoms. The number of carbonyl (C=O) groups excluding carboxylic acids is 1. The fourth-order valence-corrected chi connectivity index (χ4v) is 3.26. The van der Waals surface area contributed by atoms with Crippen LogP contribution >= 0.6 is 0 Å². The zero-order valence-corrected chi connectivity index (χ0v) is 15.5. The van der Waals surface area contributed by atoms with E-state index in [1.165, 1.54) is 0 Å². The Labute approximate surface area is 158 Å². The van der Waals surface area contributed by atoms with Crippen molar-refractivity contribution in [2.24, 2.45) is 0 Å². The van der Waals surface area contributed by atoms with E-state index >= 15 is 0 Å². The van der Waals surface area contributed by atoms with Gasteiger partial charge in [0.25, 0.3) is 0 Å². The molecule has 5 nitrogen and oxygen atoms in total. The second-order valence-corrected chi connectivity index (χ2v) is 7.12. The van der Waals surface area contributed by atoms with Crippen molar-refractivity contribution < 1.29 is 9.53 Å². The van der Waals surface area contributed by atoms with Gasteiger partial charge >= 0.3 is 0 Å². The van der Waals surface area contributed by atoms with Gasteiger partial charge in [-0.05, 0) is 62.2 Å². The zero-order valence-electron chi connectivity index (χ0n) is 15.5. The van der Waals surface area contributed by atoms with Gasteiger partial charge in [-0.3, -0.25) is 4.79 Å². The number of ether oxygens (including phenoxy) is 1. The summed E-state index contributed by atoms with van der Waals surface area (Å²) in [5.74, 6) is 0.367. The minimum atomic E-state index is -0.247. The van der Waals surface area contributed by atoms with E-state index in [1.807, 2.05) is 12.1 Å². The standard InChI is InChI=1S/C22H19N3O2/c1-22(2)11-16-9-21(27-3)17(13-24)8-18(16)19(25-22)10-20(26)15-6-4-14(12-23)5-7-15/h4-10,25H,11H2,1-3H3/b19-10-. The predicted octanol–water partition coefficient (Wildman–Crippen LogP) is 3.59. The summed E-state index contributed by atoms with van der Waals surface area (Å²) in [5, 5.41) is 21.7. The van der Waals surface area contributed by atoms with E-state index in [1.54, 1.807) is 43.5 Å². The molecule has 1 N–H and O–H groups in total. The molecule has 2 aromatic carbocycles. The van der Waals surface area contributed by atoms with Crippen molar-refractivity contribution in [2.75, 3.05) is 7.11 Å².